The summed E-state index contributed by atoms with van der Waals surface area (Å²) in [4.78, 5) is 25.1. The third-order valence-corrected chi connectivity index (χ3v) is 3.11. The fourth-order valence-corrected chi connectivity index (χ4v) is 2.16. The van der Waals surface area contributed by atoms with Gasteiger partial charge in [0, 0.05) is 9.99 Å². The number of nitro groups is 1. The lowest BCUT2D eigenvalue weighted by atomic mass is 10.2. The molecule has 2 rings (SSSR count). The molecule has 0 bridgehead atoms. The standard InChI is InChI=1S/C10H8N4O4S/c1-19-7-4-2-3-6(8(7)9(15)16)13-5-11-10(12-13)14(17)18/h2-5H,1H3,(H,15,16). The Kier molecular flexibility index (Phi) is 3.47. The summed E-state index contributed by atoms with van der Waals surface area (Å²) in [6.45, 7) is 0. The Morgan fingerprint density at radius 3 is 2.79 bits per heavy atom. The first kappa shape index (κ1) is 13.0. The van der Waals surface area contributed by atoms with E-state index in [1.807, 2.05) is 0 Å². The van der Waals surface area contributed by atoms with E-state index in [4.69, 9.17) is 0 Å². The van der Waals surface area contributed by atoms with Crippen LogP contribution in [0.15, 0.2) is 29.4 Å². The van der Waals surface area contributed by atoms with Gasteiger partial charge in [-0.2, -0.15) is 0 Å². The van der Waals surface area contributed by atoms with Gasteiger partial charge in [0.1, 0.15) is 5.56 Å². The maximum absolute atomic E-state index is 11.3. The molecule has 0 aliphatic carbocycles. The Hall–Kier alpha value is -2.42. The largest absolute Gasteiger partial charge is 0.491 e. The van der Waals surface area contributed by atoms with Crippen LogP contribution in [-0.2, 0) is 0 Å². The van der Waals surface area contributed by atoms with Gasteiger partial charge < -0.3 is 15.2 Å². The molecule has 0 aliphatic heterocycles. The van der Waals surface area contributed by atoms with Crippen molar-refractivity contribution in [2.75, 3.05) is 6.26 Å². The third kappa shape index (κ3) is 2.40. The van der Waals surface area contributed by atoms with Crippen LogP contribution in [-0.4, -0.2) is 37.0 Å². The summed E-state index contributed by atoms with van der Waals surface area (Å²) in [6.07, 6.45) is 2.86. The van der Waals surface area contributed by atoms with Gasteiger partial charge in [-0.3, -0.25) is 0 Å². The highest BCUT2D eigenvalue weighted by atomic mass is 32.2. The van der Waals surface area contributed by atoms with E-state index in [2.05, 4.69) is 10.1 Å². The second kappa shape index (κ2) is 5.06. The van der Waals surface area contributed by atoms with Crippen LogP contribution in [0.4, 0.5) is 5.95 Å². The van der Waals surface area contributed by atoms with Crippen molar-refractivity contribution in [2.45, 2.75) is 4.90 Å². The quantitative estimate of drug-likeness (QED) is 0.514. The lowest BCUT2D eigenvalue weighted by molar-refractivity contribution is -0.394. The number of aromatic nitrogens is 3. The highest BCUT2D eigenvalue weighted by Gasteiger charge is 2.21. The van der Waals surface area contributed by atoms with Crippen LogP contribution >= 0.6 is 11.8 Å². The Balaban J connectivity index is 2.60. The second-order valence-corrected chi connectivity index (χ2v) is 4.25. The molecule has 0 saturated heterocycles. The number of carboxylic acid groups (broad SMARTS) is 1. The summed E-state index contributed by atoms with van der Waals surface area (Å²) < 4.78 is 1.08. The highest BCUT2D eigenvalue weighted by molar-refractivity contribution is 7.98. The molecule has 0 saturated carbocycles. The number of carboxylic acids is 1. The van der Waals surface area contributed by atoms with Crippen LogP contribution in [0.1, 0.15) is 10.4 Å². The molecule has 9 heteroatoms. The third-order valence-electron chi connectivity index (χ3n) is 2.33. The van der Waals surface area contributed by atoms with Crippen molar-refractivity contribution in [3.63, 3.8) is 0 Å². The van der Waals surface area contributed by atoms with E-state index in [9.17, 15) is 20.0 Å². The van der Waals surface area contributed by atoms with Crippen molar-refractivity contribution < 1.29 is 14.8 Å². The van der Waals surface area contributed by atoms with Crippen molar-refractivity contribution in [1.82, 2.24) is 14.8 Å². The predicted octanol–water partition coefficient (Wildman–Crippen LogP) is 1.60. The molecule has 8 nitrogen and oxygen atoms in total. The van der Waals surface area contributed by atoms with E-state index in [-0.39, 0.29) is 11.3 Å². The molecule has 0 unspecified atom stereocenters. The molecule has 98 valence electrons. The zero-order valence-corrected chi connectivity index (χ0v) is 10.5. The van der Waals surface area contributed by atoms with Crippen LogP contribution in [0.25, 0.3) is 5.69 Å². The molecule has 1 aromatic heterocycles. The average molecular weight is 280 g/mol. The Morgan fingerprint density at radius 2 is 2.26 bits per heavy atom. The number of benzene rings is 1. The van der Waals surface area contributed by atoms with Crippen LogP contribution in [0.3, 0.4) is 0 Å². The summed E-state index contributed by atoms with van der Waals surface area (Å²) in [7, 11) is 0. The number of carbonyl (C=O) groups is 1. The lowest BCUT2D eigenvalue weighted by Gasteiger charge is -2.07. The number of thioether (sulfide) groups is 1. The number of hydrogen-bond acceptors (Lipinski definition) is 6. The van der Waals surface area contributed by atoms with Crippen molar-refractivity contribution in [3.8, 4) is 5.69 Å². The van der Waals surface area contributed by atoms with Crippen molar-refractivity contribution >= 4 is 23.7 Å². The summed E-state index contributed by atoms with van der Waals surface area (Å²) in [5.41, 5.74) is 0.273. The summed E-state index contributed by atoms with van der Waals surface area (Å²) in [5, 5.41) is 23.4. The molecule has 2 aromatic rings. The van der Waals surface area contributed by atoms with Gasteiger partial charge in [0.25, 0.3) is 0 Å². The molecular formula is C10H8N4O4S. The first-order chi connectivity index (χ1) is 9.04. The first-order valence-corrected chi connectivity index (χ1v) is 6.23. The van der Waals surface area contributed by atoms with E-state index >= 15 is 0 Å². The van der Waals surface area contributed by atoms with Crippen LogP contribution in [0.2, 0.25) is 0 Å². The number of aromatic carboxylic acids is 1. The fourth-order valence-electron chi connectivity index (χ4n) is 1.55. The van der Waals surface area contributed by atoms with Crippen molar-refractivity contribution in [2.24, 2.45) is 0 Å². The van der Waals surface area contributed by atoms with Gasteiger partial charge in [0.2, 0.25) is 6.33 Å². The van der Waals surface area contributed by atoms with E-state index in [1.54, 1.807) is 18.4 Å². The Bertz CT molecular complexity index is 655. The minimum absolute atomic E-state index is 0.0368. The van der Waals surface area contributed by atoms with Gasteiger partial charge in [0.15, 0.2) is 0 Å². The minimum atomic E-state index is -1.13. The smallest absolute Gasteiger partial charge is 0.478 e. The van der Waals surface area contributed by atoms with Crippen LogP contribution in [0, 0.1) is 10.1 Å². The normalized spacial score (nSPS) is 10.4. The molecular weight excluding hydrogens is 272 g/mol. The second-order valence-electron chi connectivity index (χ2n) is 3.41. The average Bonchev–Trinajstić information content (AvgIpc) is 2.87. The molecule has 19 heavy (non-hydrogen) atoms. The van der Waals surface area contributed by atoms with Gasteiger partial charge in [0.05, 0.1) is 5.69 Å². The van der Waals surface area contributed by atoms with Gasteiger partial charge in [-0.25, -0.2) is 4.79 Å². The zero-order valence-electron chi connectivity index (χ0n) is 9.68. The topological polar surface area (TPSA) is 111 Å². The molecule has 0 radical (unpaired) electrons. The van der Waals surface area contributed by atoms with E-state index in [1.165, 1.54) is 17.8 Å². The molecule has 0 fully saturated rings. The van der Waals surface area contributed by atoms with Crippen molar-refractivity contribution in [1.29, 1.82) is 0 Å². The fraction of sp³-hybridized carbons (Fsp3) is 0.100. The molecule has 0 atom stereocenters. The molecule has 1 aromatic carbocycles. The molecule has 0 amide bonds. The Labute approximate surface area is 111 Å². The lowest BCUT2D eigenvalue weighted by Crippen LogP contribution is -2.07. The molecule has 1 N–H and O–H groups in total. The summed E-state index contributed by atoms with van der Waals surface area (Å²) in [5.74, 6) is -1.70. The molecule has 1 heterocycles. The van der Waals surface area contributed by atoms with Crippen LogP contribution < -0.4 is 0 Å². The predicted molar refractivity (Wildman–Crippen MR) is 66.8 cm³/mol. The maximum Gasteiger partial charge on any atom is 0.491 e. The summed E-state index contributed by atoms with van der Waals surface area (Å²) >= 11 is 1.27. The SMILES string of the molecule is CSc1cccc(-n2cnc([N+](=O)[O-])n2)c1C(=O)O. The van der Waals surface area contributed by atoms with Crippen molar-refractivity contribution in [3.05, 3.63) is 40.2 Å². The number of hydrogen-bond donors (Lipinski definition) is 1. The van der Waals surface area contributed by atoms with Gasteiger partial charge in [-0.05, 0) is 23.3 Å². The first-order valence-electron chi connectivity index (χ1n) is 5.01. The molecule has 0 aliphatic rings. The zero-order chi connectivity index (χ0) is 14.0. The van der Waals surface area contributed by atoms with E-state index < -0.39 is 16.8 Å². The van der Waals surface area contributed by atoms with Gasteiger partial charge in [-0.15, -0.1) is 16.4 Å². The monoisotopic (exact) mass is 280 g/mol. The highest BCUT2D eigenvalue weighted by Crippen LogP contribution is 2.26. The van der Waals surface area contributed by atoms with Gasteiger partial charge in [-0.1, -0.05) is 11.1 Å². The van der Waals surface area contributed by atoms with E-state index in [0.29, 0.717) is 4.90 Å². The maximum atomic E-state index is 11.3. The summed E-state index contributed by atoms with van der Waals surface area (Å²) in [6, 6.07) is 4.83. The number of nitrogens with zero attached hydrogens (tertiary/aromatic N) is 4. The molecule has 0 spiro atoms. The number of rotatable bonds is 4. The van der Waals surface area contributed by atoms with Crippen LogP contribution in [0.5, 0.6) is 0 Å². The minimum Gasteiger partial charge on any atom is -0.478 e. The van der Waals surface area contributed by atoms with E-state index in [0.717, 1.165) is 11.0 Å². The Morgan fingerprint density at radius 1 is 1.53 bits per heavy atom. The van der Waals surface area contributed by atoms with Gasteiger partial charge >= 0.3 is 11.9 Å².